The van der Waals surface area contributed by atoms with Gasteiger partial charge in [-0.2, -0.15) is 0 Å². The van der Waals surface area contributed by atoms with Crippen LogP contribution in [0.15, 0.2) is 4.99 Å². The molecule has 1 saturated heterocycles. The molecule has 8 heteroatoms. The summed E-state index contributed by atoms with van der Waals surface area (Å²) in [6.07, 6.45) is 4.70. The van der Waals surface area contributed by atoms with Gasteiger partial charge in [-0.05, 0) is 31.6 Å². The minimum atomic E-state index is 0. The lowest BCUT2D eigenvalue weighted by Gasteiger charge is -2.32. The number of hydrogen-bond acceptors (Lipinski definition) is 4. The molecule has 0 aromatic heterocycles. The fraction of sp³-hybridized carbons (Fsp3) is 0.875. The predicted molar refractivity (Wildman–Crippen MR) is 107 cm³/mol. The summed E-state index contributed by atoms with van der Waals surface area (Å²) in [5.41, 5.74) is 0. The lowest BCUT2D eigenvalue weighted by molar-refractivity contribution is -0.122. The molecule has 1 aliphatic carbocycles. The van der Waals surface area contributed by atoms with E-state index in [2.05, 4.69) is 25.8 Å². The second kappa shape index (κ2) is 11.9. The first-order chi connectivity index (χ1) is 11.2. The van der Waals surface area contributed by atoms with E-state index in [4.69, 9.17) is 4.74 Å². The number of halogens is 1. The van der Waals surface area contributed by atoms with E-state index in [9.17, 15) is 4.79 Å². The third-order valence-electron chi connectivity index (χ3n) is 4.39. The molecule has 0 bridgehead atoms. The molecule has 0 aromatic carbocycles. The Morgan fingerprint density at radius 1 is 1.25 bits per heavy atom. The number of likely N-dealkylation sites (tertiary alicyclic amines) is 1. The van der Waals surface area contributed by atoms with Gasteiger partial charge in [0, 0.05) is 46.4 Å². The third kappa shape index (κ3) is 8.48. The van der Waals surface area contributed by atoms with E-state index in [1.54, 1.807) is 14.1 Å². The Labute approximate surface area is 162 Å². The van der Waals surface area contributed by atoms with Crippen LogP contribution in [0.25, 0.3) is 0 Å². The highest BCUT2D eigenvalue weighted by molar-refractivity contribution is 14.0. The quantitative estimate of drug-likeness (QED) is 0.215. The minimum Gasteiger partial charge on any atom is -0.379 e. The molecule has 1 heterocycles. The number of ether oxygens (including phenoxy) is 1. The molecular weight excluding hydrogens is 421 g/mol. The Hall–Kier alpha value is -0.610. The van der Waals surface area contributed by atoms with Crippen molar-refractivity contribution in [1.82, 2.24) is 20.9 Å². The van der Waals surface area contributed by atoms with Gasteiger partial charge in [0.1, 0.15) is 0 Å². The number of nitrogens with one attached hydrogen (secondary N) is 3. The van der Waals surface area contributed by atoms with Gasteiger partial charge in [0.2, 0.25) is 5.91 Å². The molecule has 2 fully saturated rings. The van der Waals surface area contributed by atoms with Gasteiger partial charge in [-0.25, -0.2) is 0 Å². The van der Waals surface area contributed by atoms with E-state index in [-0.39, 0.29) is 29.9 Å². The van der Waals surface area contributed by atoms with E-state index >= 15 is 0 Å². The van der Waals surface area contributed by atoms with Crippen LogP contribution < -0.4 is 16.0 Å². The number of piperidine rings is 1. The summed E-state index contributed by atoms with van der Waals surface area (Å²) in [6.45, 7) is 4.77. The normalized spacial score (nSPS) is 19.5. The molecule has 3 N–H and O–H groups in total. The Morgan fingerprint density at radius 2 is 1.96 bits per heavy atom. The van der Waals surface area contributed by atoms with Gasteiger partial charge in [0.25, 0.3) is 0 Å². The van der Waals surface area contributed by atoms with Crippen molar-refractivity contribution >= 4 is 35.8 Å². The molecule has 24 heavy (non-hydrogen) atoms. The van der Waals surface area contributed by atoms with Crippen molar-refractivity contribution in [1.29, 1.82) is 0 Å². The number of carbonyl (C=O) groups is 1. The zero-order valence-electron chi connectivity index (χ0n) is 14.8. The lowest BCUT2D eigenvalue weighted by atomic mass is 10.1. The van der Waals surface area contributed by atoms with Crippen molar-refractivity contribution in [2.24, 2.45) is 10.9 Å². The summed E-state index contributed by atoms with van der Waals surface area (Å²) in [5, 5.41) is 9.43. The van der Waals surface area contributed by atoms with Crippen LogP contribution in [-0.4, -0.2) is 76.3 Å². The van der Waals surface area contributed by atoms with Crippen LogP contribution in [0.1, 0.15) is 25.7 Å². The van der Waals surface area contributed by atoms with Crippen molar-refractivity contribution in [3.8, 4) is 0 Å². The summed E-state index contributed by atoms with van der Waals surface area (Å²) in [4.78, 5) is 17.9. The molecule has 0 unspecified atom stereocenters. The second-order valence-electron chi connectivity index (χ2n) is 6.39. The number of aliphatic imine (C=N–C) groups is 1. The number of hydrogen-bond donors (Lipinski definition) is 3. The SMILES string of the molecule is CN=C(NCCOCC1CC1)NC1CCN(CC(=O)NC)CC1.I. The Kier molecular flexibility index (Phi) is 10.6. The first-order valence-electron chi connectivity index (χ1n) is 8.69. The van der Waals surface area contributed by atoms with Crippen molar-refractivity contribution in [3.63, 3.8) is 0 Å². The smallest absolute Gasteiger partial charge is 0.233 e. The fourth-order valence-corrected chi connectivity index (χ4v) is 2.68. The van der Waals surface area contributed by atoms with Gasteiger partial charge >= 0.3 is 0 Å². The van der Waals surface area contributed by atoms with Crippen LogP contribution in [0.4, 0.5) is 0 Å². The van der Waals surface area contributed by atoms with Crippen LogP contribution in [-0.2, 0) is 9.53 Å². The molecule has 2 rings (SSSR count). The summed E-state index contributed by atoms with van der Waals surface area (Å²) in [5.74, 6) is 1.73. The topological polar surface area (TPSA) is 78.0 Å². The number of likely N-dealkylation sites (N-methyl/N-ethyl adjacent to an activating group) is 1. The van der Waals surface area contributed by atoms with Crippen molar-refractivity contribution in [2.45, 2.75) is 31.7 Å². The highest BCUT2D eigenvalue weighted by atomic mass is 127. The molecule has 0 atom stereocenters. The maximum Gasteiger partial charge on any atom is 0.233 e. The summed E-state index contributed by atoms with van der Waals surface area (Å²) < 4.78 is 5.61. The van der Waals surface area contributed by atoms with Crippen molar-refractivity contribution < 1.29 is 9.53 Å². The monoisotopic (exact) mass is 453 g/mol. The fourth-order valence-electron chi connectivity index (χ4n) is 2.68. The van der Waals surface area contributed by atoms with Crippen LogP contribution in [0.2, 0.25) is 0 Å². The summed E-state index contributed by atoms with van der Waals surface area (Å²) in [7, 11) is 3.47. The average molecular weight is 453 g/mol. The van der Waals surface area contributed by atoms with Crippen molar-refractivity contribution in [2.75, 3.05) is 53.5 Å². The largest absolute Gasteiger partial charge is 0.379 e. The molecule has 0 radical (unpaired) electrons. The Balaban J connectivity index is 0.00000288. The lowest BCUT2D eigenvalue weighted by Crippen LogP contribution is -2.50. The van der Waals surface area contributed by atoms with E-state index < -0.39 is 0 Å². The average Bonchev–Trinajstić information content (AvgIpc) is 3.39. The predicted octanol–water partition coefficient (Wildman–Crippen LogP) is 0.406. The first kappa shape index (κ1) is 21.4. The third-order valence-corrected chi connectivity index (χ3v) is 4.39. The molecule has 1 amide bonds. The maximum atomic E-state index is 11.4. The molecule has 2 aliphatic rings. The van der Waals surface area contributed by atoms with E-state index in [1.165, 1.54) is 12.8 Å². The minimum absolute atomic E-state index is 0. The van der Waals surface area contributed by atoms with Gasteiger partial charge in [-0.3, -0.25) is 14.7 Å². The van der Waals surface area contributed by atoms with E-state index in [1.807, 2.05) is 0 Å². The van der Waals surface area contributed by atoms with Gasteiger partial charge in [-0.15, -0.1) is 24.0 Å². The van der Waals surface area contributed by atoms with Crippen LogP contribution >= 0.6 is 24.0 Å². The molecule has 140 valence electrons. The summed E-state index contributed by atoms with van der Waals surface area (Å²) in [6, 6.07) is 0.412. The van der Waals surface area contributed by atoms with E-state index in [0.717, 1.165) is 57.6 Å². The highest BCUT2D eigenvalue weighted by Crippen LogP contribution is 2.28. The second-order valence-corrected chi connectivity index (χ2v) is 6.39. The number of nitrogens with zero attached hydrogens (tertiary/aromatic N) is 2. The Morgan fingerprint density at radius 3 is 2.54 bits per heavy atom. The standard InChI is InChI=1S/C16H31N5O2.HI/c1-17-15(22)11-21-8-5-14(6-9-21)20-16(18-2)19-7-10-23-12-13-3-4-13;/h13-14H,3-12H2,1-2H3,(H,17,22)(H2,18,19,20);1H. The van der Waals surface area contributed by atoms with Crippen molar-refractivity contribution in [3.05, 3.63) is 0 Å². The molecular formula is C16H32IN5O2. The molecule has 7 nitrogen and oxygen atoms in total. The van der Waals surface area contributed by atoms with Gasteiger partial charge in [-0.1, -0.05) is 0 Å². The first-order valence-corrected chi connectivity index (χ1v) is 8.69. The molecule has 0 aromatic rings. The van der Waals surface area contributed by atoms with Crippen LogP contribution in [0.3, 0.4) is 0 Å². The van der Waals surface area contributed by atoms with Gasteiger partial charge < -0.3 is 20.7 Å². The Bertz CT molecular complexity index is 396. The van der Waals surface area contributed by atoms with Crippen LogP contribution in [0, 0.1) is 5.92 Å². The van der Waals surface area contributed by atoms with Crippen LogP contribution in [0.5, 0.6) is 0 Å². The van der Waals surface area contributed by atoms with Gasteiger partial charge in [0.15, 0.2) is 5.96 Å². The molecule has 1 saturated carbocycles. The number of rotatable bonds is 8. The zero-order valence-corrected chi connectivity index (χ0v) is 17.2. The highest BCUT2D eigenvalue weighted by Gasteiger charge is 2.22. The maximum absolute atomic E-state index is 11.4. The number of carbonyl (C=O) groups excluding carboxylic acids is 1. The summed E-state index contributed by atoms with van der Waals surface area (Å²) >= 11 is 0. The van der Waals surface area contributed by atoms with Gasteiger partial charge in [0.05, 0.1) is 13.2 Å². The number of amides is 1. The zero-order chi connectivity index (χ0) is 16.5. The molecule has 0 spiro atoms. The van der Waals surface area contributed by atoms with E-state index in [0.29, 0.717) is 12.6 Å². The number of guanidine groups is 1. The molecule has 1 aliphatic heterocycles.